The SMILES string of the molecule is Cc1cc(C)c(C#N)c(N2C[C@@H]3[C@H](CNC(=O)c4cccnc4)[C@H]4CC[C@]3(C2)O4)n1. The molecular formula is C23H25N5O2. The number of carbonyl (C=O) groups is 1. The highest BCUT2D eigenvalue weighted by molar-refractivity contribution is 5.93. The minimum atomic E-state index is -0.194. The second-order valence-corrected chi connectivity index (χ2v) is 8.75. The van der Waals surface area contributed by atoms with Gasteiger partial charge in [0, 0.05) is 49.6 Å². The van der Waals surface area contributed by atoms with Crippen molar-refractivity contribution in [3.05, 3.63) is 53.0 Å². The molecule has 1 spiro atoms. The van der Waals surface area contributed by atoms with Gasteiger partial charge in [-0.05, 0) is 50.5 Å². The molecule has 0 unspecified atom stereocenters. The lowest BCUT2D eigenvalue weighted by Gasteiger charge is -2.29. The highest BCUT2D eigenvalue weighted by Gasteiger charge is 2.63. The number of hydrogen-bond donors (Lipinski definition) is 1. The van der Waals surface area contributed by atoms with Gasteiger partial charge in [0.1, 0.15) is 11.9 Å². The molecule has 5 heterocycles. The third-order valence-corrected chi connectivity index (χ3v) is 6.94. The lowest BCUT2D eigenvalue weighted by molar-refractivity contribution is 0.0141. The highest BCUT2D eigenvalue weighted by Crippen LogP contribution is 2.55. The Morgan fingerprint density at radius 3 is 3.10 bits per heavy atom. The van der Waals surface area contributed by atoms with Crippen LogP contribution in [0.2, 0.25) is 0 Å². The van der Waals surface area contributed by atoms with Crippen molar-refractivity contribution in [2.75, 3.05) is 24.5 Å². The molecule has 0 saturated carbocycles. The van der Waals surface area contributed by atoms with Gasteiger partial charge < -0.3 is 15.0 Å². The fourth-order valence-electron chi connectivity index (χ4n) is 5.62. The third-order valence-electron chi connectivity index (χ3n) is 6.94. The number of anilines is 1. The van der Waals surface area contributed by atoms with Gasteiger partial charge in [-0.25, -0.2) is 4.98 Å². The molecule has 0 aromatic carbocycles. The van der Waals surface area contributed by atoms with E-state index in [1.807, 2.05) is 19.9 Å². The zero-order chi connectivity index (χ0) is 20.9. The first-order valence-corrected chi connectivity index (χ1v) is 10.5. The molecule has 3 fully saturated rings. The summed E-state index contributed by atoms with van der Waals surface area (Å²) in [6.45, 7) is 6.07. The van der Waals surface area contributed by atoms with Crippen LogP contribution in [0.5, 0.6) is 0 Å². The number of fused-ring (bicyclic) bond motifs is 1. The Morgan fingerprint density at radius 1 is 1.47 bits per heavy atom. The number of nitriles is 1. The Morgan fingerprint density at radius 2 is 2.33 bits per heavy atom. The largest absolute Gasteiger partial charge is 0.369 e. The van der Waals surface area contributed by atoms with Gasteiger partial charge >= 0.3 is 0 Å². The molecule has 4 atom stereocenters. The van der Waals surface area contributed by atoms with Gasteiger partial charge in [0.05, 0.1) is 22.8 Å². The number of amides is 1. The Bertz CT molecular complexity index is 1030. The van der Waals surface area contributed by atoms with Crippen molar-refractivity contribution in [3.8, 4) is 6.07 Å². The maximum atomic E-state index is 12.5. The minimum Gasteiger partial charge on any atom is -0.369 e. The van der Waals surface area contributed by atoms with Gasteiger partial charge in [-0.1, -0.05) is 0 Å². The summed E-state index contributed by atoms with van der Waals surface area (Å²) in [5, 5.41) is 12.8. The van der Waals surface area contributed by atoms with E-state index < -0.39 is 0 Å². The fourth-order valence-corrected chi connectivity index (χ4v) is 5.62. The summed E-state index contributed by atoms with van der Waals surface area (Å²) in [5.41, 5.74) is 2.90. The van der Waals surface area contributed by atoms with E-state index in [1.54, 1.807) is 24.5 Å². The van der Waals surface area contributed by atoms with Crippen molar-refractivity contribution in [2.24, 2.45) is 11.8 Å². The van der Waals surface area contributed by atoms with Gasteiger partial charge in [0.15, 0.2) is 0 Å². The summed E-state index contributed by atoms with van der Waals surface area (Å²) in [4.78, 5) is 23.4. The zero-order valence-electron chi connectivity index (χ0n) is 17.3. The maximum absolute atomic E-state index is 12.5. The number of nitrogens with one attached hydrogen (secondary N) is 1. The summed E-state index contributed by atoms with van der Waals surface area (Å²) < 4.78 is 6.50. The number of pyridine rings is 2. The monoisotopic (exact) mass is 403 g/mol. The Hall–Kier alpha value is -2.98. The molecular weight excluding hydrogens is 378 g/mol. The standard InChI is InChI=1S/C23H25N5O2/c1-14-8-15(2)27-21(17(14)9-24)28-12-19-18(20-5-6-23(19,13-28)30-20)11-26-22(29)16-4-3-7-25-10-16/h3-4,7-8,10,18-20H,5-6,11-13H2,1-2H3,(H,26,29)/t18-,19+,20+,23+/m0/s1. The zero-order valence-corrected chi connectivity index (χ0v) is 17.3. The average molecular weight is 403 g/mol. The molecule has 3 saturated heterocycles. The second-order valence-electron chi connectivity index (χ2n) is 8.75. The normalized spacial score (nSPS) is 29.0. The molecule has 1 amide bonds. The number of hydrogen-bond acceptors (Lipinski definition) is 6. The molecule has 2 aromatic heterocycles. The Labute approximate surface area is 176 Å². The van der Waals surface area contributed by atoms with Crippen LogP contribution in [0.4, 0.5) is 5.82 Å². The molecule has 1 N–H and O–H groups in total. The summed E-state index contributed by atoms with van der Waals surface area (Å²) >= 11 is 0. The summed E-state index contributed by atoms with van der Waals surface area (Å²) in [6.07, 6.45) is 5.48. The van der Waals surface area contributed by atoms with Crippen LogP contribution in [0, 0.1) is 37.0 Å². The molecule has 154 valence electrons. The number of nitrogens with zero attached hydrogens (tertiary/aromatic N) is 4. The topological polar surface area (TPSA) is 91.1 Å². The minimum absolute atomic E-state index is 0.0995. The summed E-state index contributed by atoms with van der Waals surface area (Å²) in [5.74, 6) is 1.25. The van der Waals surface area contributed by atoms with Crippen molar-refractivity contribution in [3.63, 3.8) is 0 Å². The first-order chi connectivity index (χ1) is 14.5. The predicted octanol–water partition coefficient (Wildman–Crippen LogP) is 2.38. The number of aryl methyl sites for hydroxylation is 2. The van der Waals surface area contributed by atoms with E-state index in [2.05, 4.69) is 21.3 Å². The van der Waals surface area contributed by atoms with Crippen molar-refractivity contribution < 1.29 is 9.53 Å². The summed E-state index contributed by atoms with van der Waals surface area (Å²) in [6, 6.07) is 7.83. The first kappa shape index (κ1) is 19.0. The van der Waals surface area contributed by atoms with Crippen molar-refractivity contribution in [1.29, 1.82) is 5.26 Å². The van der Waals surface area contributed by atoms with Crippen LogP contribution in [0.15, 0.2) is 30.6 Å². The van der Waals surface area contributed by atoms with Crippen LogP contribution in [0.25, 0.3) is 0 Å². The lowest BCUT2D eigenvalue weighted by atomic mass is 9.73. The van der Waals surface area contributed by atoms with Crippen molar-refractivity contribution >= 4 is 11.7 Å². The van der Waals surface area contributed by atoms with Crippen LogP contribution in [0.1, 0.15) is 40.0 Å². The van der Waals surface area contributed by atoms with Crippen LogP contribution in [-0.2, 0) is 4.74 Å². The van der Waals surface area contributed by atoms with E-state index in [1.165, 1.54) is 0 Å². The predicted molar refractivity (Wildman–Crippen MR) is 111 cm³/mol. The molecule has 5 rings (SSSR count). The van der Waals surface area contributed by atoms with E-state index in [0.29, 0.717) is 23.6 Å². The first-order valence-electron chi connectivity index (χ1n) is 10.5. The number of aromatic nitrogens is 2. The Balaban J connectivity index is 1.35. The number of ether oxygens (including phenoxy) is 1. The van der Waals surface area contributed by atoms with E-state index >= 15 is 0 Å². The van der Waals surface area contributed by atoms with Crippen LogP contribution < -0.4 is 10.2 Å². The average Bonchev–Trinajstić information content (AvgIpc) is 3.41. The van der Waals surface area contributed by atoms with Gasteiger partial charge in [0.2, 0.25) is 0 Å². The molecule has 7 nitrogen and oxygen atoms in total. The quantitative estimate of drug-likeness (QED) is 0.843. The lowest BCUT2D eigenvalue weighted by Crippen LogP contribution is -2.41. The molecule has 0 radical (unpaired) electrons. The smallest absolute Gasteiger partial charge is 0.252 e. The van der Waals surface area contributed by atoms with Crippen molar-refractivity contribution in [2.45, 2.75) is 38.4 Å². The number of rotatable bonds is 4. The van der Waals surface area contributed by atoms with E-state index in [-0.39, 0.29) is 23.5 Å². The molecule has 2 bridgehead atoms. The molecule has 3 aliphatic heterocycles. The second kappa shape index (κ2) is 7.06. The van der Waals surface area contributed by atoms with E-state index in [9.17, 15) is 10.1 Å². The van der Waals surface area contributed by atoms with Crippen LogP contribution >= 0.6 is 0 Å². The molecule has 30 heavy (non-hydrogen) atoms. The molecule has 2 aromatic rings. The van der Waals surface area contributed by atoms with E-state index in [4.69, 9.17) is 9.72 Å². The van der Waals surface area contributed by atoms with Crippen LogP contribution in [0.3, 0.4) is 0 Å². The Kier molecular flexibility index (Phi) is 4.48. The fraction of sp³-hybridized carbons (Fsp3) is 0.478. The molecule has 0 aliphatic carbocycles. The molecule has 3 aliphatic rings. The summed E-state index contributed by atoms with van der Waals surface area (Å²) in [7, 11) is 0. The third kappa shape index (κ3) is 2.94. The maximum Gasteiger partial charge on any atom is 0.252 e. The highest BCUT2D eigenvalue weighted by atomic mass is 16.5. The van der Waals surface area contributed by atoms with Crippen molar-refractivity contribution in [1.82, 2.24) is 15.3 Å². The van der Waals surface area contributed by atoms with Crippen LogP contribution in [-0.4, -0.2) is 47.2 Å². The van der Waals surface area contributed by atoms with Gasteiger partial charge in [0.25, 0.3) is 5.91 Å². The van der Waals surface area contributed by atoms with Gasteiger partial charge in [-0.15, -0.1) is 0 Å². The molecule has 7 heteroatoms. The van der Waals surface area contributed by atoms with Gasteiger partial charge in [-0.3, -0.25) is 9.78 Å². The number of carbonyl (C=O) groups excluding carboxylic acids is 1. The van der Waals surface area contributed by atoms with Gasteiger partial charge in [-0.2, -0.15) is 5.26 Å². The van der Waals surface area contributed by atoms with E-state index in [0.717, 1.165) is 43.0 Å².